The van der Waals surface area contributed by atoms with Crippen LogP contribution in [0.1, 0.15) is 16.7 Å². The van der Waals surface area contributed by atoms with Crippen molar-refractivity contribution in [3.63, 3.8) is 0 Å². The van der Waals surface area contributed by atoms with Crippen molar-refractivity contribution in [3.05, 3.63) is 70.2 Å². The summed E-state index contributed by atoms with van der Waals surface area (Å²) in [6.45, 7) is 0. The van der Waals surface area contributed by atoms with Crippen LogP contribution < -0.4 is 0 Å². The minimum Gasteiger partial charge on any atom is -0.192 e. The summed E-state index contributed by atoms with van der Waals surface area (Å²) in [6.07, 6.45) is 0. The first-order chi connectivity index (χ1) is 8.28. The van der Waals surface area contributed by atoms with Gasteiger partial charge in [0.2, 0.25) is 0 Å². The summed E-state index contributed by atoms with van der Waals surface area (Å²) in [7, 11) is 0. The molecule has 0 aliphatic rings. The number of hydrogen-bond acceptors (Lipinski definition) is 1. The molecule has 0 unspecified atom stereocenters. The molecule has 0 aromatic heterocycles. The summed E-state index contributed by atoms with van der Waals surface area (Å²) in [5.41, 5.74) is 2.44. The van der Waals surface area contributed by atoms with Crippen LogP contribution in [0.25, 0.3) is 0 Å². The Morgan fingerprint density at radius 1 is 0.706 bits per heavy atom. The highest BCUT2D eigenvalue weighted by Crippen LogP contribution is 2.08. The van der Waals surface area contributed by atoms with Crippen molar-refractivity contribution in [2.24, 2.45) is 0 Å². The summed E-state index contributed by atoms with van der Waals surface area (Å²) in [5, 5.41) is 9.37. The predicted molar refractivity (Wildman–Crippen MR) is 68.6 cm³/mol. The average Bonchev–Trinajstić information content (AvgIpc) is 2.39. The van der Waals surface area contributed by atoms with Crippen LogP contribution >= 0.6 is 11.6 Å². The van der Waals surface area contributed by atoms with Gasteiger partial charge in [0.25, 0.3) is 0 Å². The first-order valence-electron chi connectivity index (χ1n) is 5.06. The van der Waals surface area contributed by atoms with Crippen molar-refractivity contribution in [2.45, 2.75) is 0 Å². The normalized spacial score (nSPS) is 8.94. The van der Waals surface area contributed by atoms with Crippen LogP contribution in [-0.2, 0) is 0 Å². The molecule has 2 aromatic carbocycles. The van der Waals surface area contributed by atoms with Crippen LogP contribution in [0.15, 0.2) is 48.5 Å². The highest BCUT2D eigenvalue weighted by atomic mass is 35.5. The SMILES string of the molecule is N#Cc1ccc(C#Cc2ccc(Cl)cc2)cc1. The van der Waals surface area contributed by atoms with E-state index in [9.17, 15) is 0 Å². The molecule has 0 aliphatic heterocycles. The molecular weight excluding hydrogens is 230 g/mol. The highest BCUT2D eigenvalue weighted by molar-refractivity contribution is 6.30. The maximum Gasteiger partial charge on any atom is 0.0991 e. The third-order valence-corrected chi connectivity index (χ3v) is 2.46. The van der Waals surface area contributed by atoms with E-state index < -0.39 is 0 Å². The van der Waals surface area contributed by atoms with Crippen molar-refractivity contribution in [1.82, 2.24) is 0 Å². The monoisotopic (exact) mass is 237 g/mol. The van der Waals surface area contributed by atoms with E-state index in [1.807, 2.05) is 36.4 Å². The third-order valence-electron chi connectivity index (χ3n) is 2.21. The van der Waals surface area contributed by atoms with Gasteiger partial charge in [0, 0.05) is 16.1 Å². The van der Waals surface area contributed by atoms with E-state index in [0.717, 1.165) is 11.1 Å². The molecule has 1 nitrogen and oxygen atoms in total. The van der Waals surface area contributed by atoms with Crippen molar-refractivity contribution >= 4 is 11.6 Å². The zero-order valence-electron chi connectivity index (χ0n) is 8.94. The van der Waals surface area contributed by atoms with E-state index in [4.69, 9.17) is 16.9 Å². The Balaban J connectivity index is 2.21. The molecule has 80 valence electrons. The van der Waals surface area contributed by atoms with Crippen LogP contribution in [0, 0.1) is 23.2 Å². The number of nitriles is 1. The van der Waals surface area contributed by atoms with Crippen LogP contribution in [0.2, 0.25) is 5.02 Å². The van der Waals surface area contributed by atoms with E-state index in [1.165, 1.54) is 0 Å². The van der Waals surface area contributed by atoms with Crippen LogP contribution in [0.4, 0.5) is 0 Å². The zero-order chi connectivity index (χ0) is 12.1. The lowest BCUT2D eigenvalue weighted by atomic mass is 10.1. The van der Waals surface area contributed by atoms with Gasteiger partial charge in [-0.1, -0.05) is 23.4 Å². The fraction of sp³-hybridized carbons (Fsp3) is 0. The molecule has 0 radical (unpaired) electrons. The first kappa shape index (κ1) is 11.3. The minimum atomic E-state index is 0.641. The molecule has 0 saturated carbocycles. The molecule has 0 atom stereocenters. The minimum absolute atomic E-state index is 0.641. The largest absolute Gasteiger partial charge is 0.192 e. The molecule has 0 fully saturated rings. The molecule has 0 amide bonds. The Kier molecular flexibility index (Phi) is 3.46. The van der Waals surface area contributed by atoms with Crippen LogP contribution in [0.5, 0.6) is 0 Å². The fourth-order valence-corrected chi connectivity index (χ4v) is 1.43. The van der Waals surface area contributed by atoms with Crippen molar-refractivity contribution in [2.75, 3.05) is 0 Å². The van der Waals surface area contributed by atoms with Gasteiger partial charge in [-0.15, -0.1) is 0 Å². The van der Waals surface area contributed by atoms with Gasteiger partial charge in [-0.3, -0.25) is 0 Å². The van der Waals surface area contributed by atoms with E-state index in [0.29, 0.717) is 10.6 Å². The van der Waals surface area contributed by atoms with Crippen LogP contribution in [-0.4, -0.2) is 0 Å². The number of hydrogen-bond donors (Lipinski definition) is 0. The second-order valence-corrected chi connectivity index (χ2v) is 3.88. The van der Waals surface area contributed by atoms with Gasteiger partial charge >= 0.3 is 0 Å². The Bertz CT molecular complexity index is 607. The van der Waals surface area contributed by atoms with Gasteiger partial charge in [0.1, 0.15) is 0 Å². The second kappa shape index (κ2) is 5.21. The lowest BCUT2D eigenvalue weighted by molar-refractivity contribution is 1.48. The van der Waals surface area contributed by atoms with E-state index >= 15 is 0 Å². The van der Waals surface area contributed by atoms with E-state index in [1.54, 1.807) is 12.1 Å². The maximum absolute atomic E-state index is 8.66. The number of benzene rings is 2. The average molecular weight is 238 g/mol. The lowest BCUT2D eigenvalue weighted by Gasteiger charge is -1.91. The zero-order valence-corrected chi connectivity index (χ0v) is 9.70. The van der Waals surface area contributed by atoms with Gasteiger partial charge in [-0.05, 0) is 48.5 Å². The summed E-state index contributed by atoms with van der Waals surface area (Å²) in [6, 6.07) is 16.6. The van der Waals surface area contributed by atoms with Crippen LogP contribution in [0.3, 0.4) is 0 Å². The maximum atomic E-state index is 8.66. The molecular formula is C15H8ClN. The molecule has 0 spiro atoms. The number of nitrogens with zero attached hydrogens (tertiary/aromatic N) is 1. The Morgan fingerprint density at radius 3 is 1.59 bits per heavy atom. The second-order valence-electron chi connectivity index (χ2n) is 3.45. The molecule has 2 heteroatoms. The fourth-order valence-electron chi connectivity index (χ4n) is 1.31. The number of halogens is 1. The van der Waals surface area contributed by atoms with Gasteiger partial charge < -0.3 is 0 Å². The quantitative estimate of drug-likeness (QED) is 0.642. The molecule has 0 saturated heterocycles. The Labute approximate surface area is 105 Å². The molecule has 0 bridgehead atoms. The van der Waals surface area contributed by atoms with Gasteiger partial charge in [0.15, 0.2) is 0 Å². The highest BCUT2D eigenvalue weighted by Gasteiger charge is 1.90. The third kappa shape index (κ3) is 3.11. The molecule has 0 aliphatic carbocycles. The Morgan fingerprint density at radius 2 is 1.12 bits per heavy atom. The molecule has 17 heavy (non-hydrogen) atoms. The van der Waals surface area contributed by atoms with Gasteiger partial charge in [0.05, 0.1) is 11.6 Å². The smallest absolute Gasteiger partial charge is 0.0991 e. The van der Waals surface area contributed by atoms with Crippen molar-refractivity contribution in [1.29, 1.82) is 5.26 Å². The molecule has 0 N–H and O–H groups in total. The standard InChI is InChI=1S/C15H8ClN/c16-15-9-7-13(8-10-15)2-1-12-3-5-14(11-17)6-4-12/h3-10H. The predicted octanol–water partition coefficient (Wildman–Crippen LogP) is 3.61. The molecule has 2 rings (SSSR count). The van der Waals surface area contributed by atoms with Gasteiger partial charge in [-0.2, -0.15) is 5.26 Å². The number of rotatable bonds is 0. The summed E-state index contributed by atoms with van der Waals surface area (Å²) < 4.78 is 0. The van der Waals surface area contributed by atoms with Crippen molar-refractivity contribution < 1.29 is 0 Å². The molecule has 0 heterocycles. The molecule has 2 aromatic rings. The Hall–Kier alpha value is -2.22. The summed E-state index contributed by atoms with van der Waals surface area (Å²) in [4.78, 5) is 0. The van der Waals surface area contributed by atoms with Crippen molar-refractivity contribution in [3.8, 4) is 17.9 Å². The first-order valence-corrected chi connectivity index (χ1v) is 5.43. The van der Waals surface area contributed by atoms with E-state index in [-0.39, 0.29) is 0 Å². The van der Waals surface area contributed by atoms with Gasteiger partial charge in [-0.25, -0.2) is 0 Å². The summed E-state index contributed by atoms with van der Waals surface area (Å²) in [5.74, 6) is 6.06. The summed E-state index contributed by atoms with van der Waals surface area (Å²) >= 11 is 5.78. The topological polar surface area (TPSA) is 23.8 Å². The lowest BCUT2D eigenvalue weighted by Crippen LogP contribution is -1.77. The van der Waals surface area contributed by atoms with E-state index in [2.05, 4.69) is 17.9 Å².